The molecule has 0 unspecified atom stereocenters. The van der Waals surface area contributed by atoms with Crippen molar-refractivity contribution in [1.82, 2.24) is 4.90 Å². The van der Waals surface area contributed by atoms with Crippen LogP contribution in [0.4, 0.5) is 5.69 Å². The van der Waals surface area contributed by atoms with Crippen molar-refractivity contribution in [3.63, 3.8) is 0 Å². The molecule has 1 saturated heterocycles. The summed E-state index contributed by atoms with van der Waals surface area (Å²) in [4.78, 5) is 23.7. The summed E-state index contributed by atoms with van der Waals surface area (Å²) in [5.74, 6) is -0.473. The lowest BCUT2D eigenvalue weighted by atomic mass is 10.1. The van der Waals surface area contributed by atoms with Gasteiger partial charge in [-0.1, -0.05) is 24.0 Å². The molecule has 1 aliphatic rings. The Morgan fingerprint density at radius 3 is 2.70 bits per heavy atom. The van der Waals surface area contributed by atoms with E-state index in [9.17, 15) is 20.0 Å². The Hall–Kier alpha value is -1.45. The van der Waals surface area contributed by atoms with Crippen LogP contribution in [0.15, 0.2) is 21.5 Å². The van der Waals surface area contributed by atoms with Gasteiger partial charge in [0.1, 0.15) is 10.1 Å². The van der Waals surface area contributed by atoms with E-state index in [1.807, 2.05) is 0 Å². The normalized spacial score (nSPS) is 17.1. The van der Waals surface area contributed by atoms with E-state index < -0.39 is 4.92 Å². The number of nitro benzene ring substituents is 1. The van der Waals surface area contributed by atoms with Crippen LogP contribution in [0.3, 0.4) is 0 Å². The topological polar surface area (TPSA) is 83.7 Å². The van der Waals surface area contributed by atoms with Gasteiger partial charge in [-0.3, -0.25) is 19.8 Å². The molecule has 0 atom stereocenters. The average Bonchev–Trinajstić information content (AvgIpc) is 2.62. The van der Waals surface area contributed by atoms with Crippen molar-refractivity contribution in [2.45, 2.75) is 0 Å². The SMILES string of the molecule is CN1C(=O)/C(=C\c2cc([N+](=O)[O-])cc(Br)c2O)SC1=S. The summed E-state index contributed by atoms with van der Waals surface area (Å²) in [5, 5.41) is 20.7. The molecule has 0 spiro atoms. The summed E-state index contributed by atoms with van der Waals surface area (Å²) in [6.45, 7) is 0. The summed E-state index contributed by atoms with van der Waals surface area (Å²) < 4.78 is 0.579. The lowest BCUT2D eigenvalue weighted by Crippen LogP contribution is -2.22. The second kappa shape index (κ2) is 5.51. The molecule has 2 rings (SSSR count). The molecular formula is C11H7BrN2O4S2. The Labute approximate surface area is 131 Å². The number of thioether (sulfide) groups is 1. The molecule has 1 aromatic rings. The Bertz CT molecular complexity index is 675. The van der Waals surface area contributed by atoms with Crippen molar-refractivity contribution in [1.29, 1.82) is 0 Å². The molecule has 0 saturated carbocycles. The monoisotopic (exact) mass is 374 g/mol. The number of likely N-dealkylation sites (N-methyl/N-ethyl adjacent to an activating group) is 1. The fourth-order valence-corrected chi connectivity index (χ4v) is 3.14. The smallest absolute Gasteiger partial charge is 0.271 e. The van der Waals surface area contributed by atoms with Crippen molar-refractivity contribution in [2.75, 3.05) is 7.05 Å². The average molecular weight is 375 g/mol. The molecule has 0 radical (unpaired) electrons. The highest BCUT2D eigenvalue weighted by Crippen LogP contribution is 2.37. The number of hydrogen-bond donors (Lipinski definition) is 1. The number of carbonyl (C=O) groups excluding carboxylic acids is 1. The van der Waals surface area contributed by atoms with Gasteiger partial charge < -0.3 is 5.11 Å². The number of nitrogens with zero attached hydrogens (tertiary/aromatic N) is 2. The molecule has 1 aromatic carbocycles. The number of thiocarbonyl (C=S) groups is 1. The van der Waals surface area contributed by atoms with Crippen LogP contribution in [-0.4, -0.2) is 32.2 Å². The first-order valence-corrected chi connectivity index (χ1v) is 7.21. The summed E-state index contributed by atoms with van der Waals surface area (Å²) >= 11 is 9.11. The van der Waals surface area contributed by atoms with E-state index in [0.717, 1.165) is 11.8 Å². The van der Waals surface area contributed by atoms with E-state index >= 15 is 0 Å². The summed E-state index contributed by atoms with van der Waals surface area (Å²) in [7, 11) is 1.54. The molecule has 6 nitrogen and oxygen atoms in total. The van der Waals surface area contributed by atoms with Crippen LogP contribution in [0.25, 0.3) is 6.08 Å². The van der Waals surface area contributed by atoms with Crippen molar-refractivity contribution in [3.8, 4) is 5.75 Å². The van der Waals surface area contributed by atoms with Crippen LogP contribution in [0, 0.1) is 10.1 Å². The van der Waals surface area contributed by atoms with Crippen LogP contribution < -0.4 is 0 Å². The molecule has 0 aromatic heterocycles. The van der Waals surface area contributed by atoms with Crippen LogP contribution in [0.2, 0.25) is 0 Å². The molecule has 104 valence electrons. The standard InChI is InChI=1S/C11H7BrN2O4S2/c1-13-10(16)8(20-11(13)19)3-5-2-6(14(17)18)4-7(12)9(5)15/h2-4,15H,1H3/b8-3+. The molecule has 1 amide bonds. The van der Waals surface area contributed by atoms with Gasteiger partial charge in [-0.15, -0.1) is 0 Å². The summed E-state index contributed by atoms with van der Waals surface area (Å²) in [6.07, 6.45) is 1.38. The predicted octanol–water partition coefficient (Wildman–Crippen LogP) is 2.89. The number of benzene rings is 1. The quantitative estimate of drug-likeness (QED) is 0.370. The molecular weight excluding hydrogens is 368 g/mol. The Kier molecular flexibility index (Phi) is 4.11. The number of amides is 1. The maximum Gasteiger partial charge on any atom is 0.271 e. The van der Waals surface area contributed by atoms with Crippen molar-refractivity contribution in [2.24, 2.45) is 0 Å². The Balaban J connectivity index is 2.51. The predicted molar refractivity (Wildman–Crippen MR) is 83.4 cm³/mol. The fraction of sp³-hybridized carbons (Fsp3) is 0.0909. The lowest BCUT2D eigenvalue weighted by molar-refractivity contribution is -0.385. The number of aromatic hydroxyl groups is 1. The zero-order chi connectivity index (χ0) is 15.0. The Morgan fingerprint density at radius 1 is 1.55 bits per heavy atom. The minimum absolute atomic E-state index is 0.169. The minimum Gasteiger partial charge on any atom is -0.506 e. The van der Waals surface area contributed by atoms with Crippen LogP contribution >= 0.6 is 39.9 Å². The maximum absolute atomic E-state index is 11.9. The zero-order valence-electron chi connectivity index (χ0n) is 9.99. The van der Waals surface area contributed by atoms with Crippen LogP contribution in [0.5, 0.6) is 5.75 Å². The number of rotatable bonds is 2. The van der Waals surface area contributed by atoms with Gasteiger partial charge in [0.25, 0.3) is 11.6 Å². The molecule has 20 heavy (non-hydrogen) atoms. The van der Waals surface area contributed by atoms with E-state index in [0.29, 0.717) is 9.23 Å². The summed E-state index contributed by atoms with van der Waals surface area (Å²) in [5.41, 5.74) is -0.00655. The molecule has 1 fully saturated rings. The number of halogens is 1. The highest BCUT2D eigenvalue weighted by Gasteiger charge is 2.29. The van der Waals surface area contributed by atoms with Gasteiger partial charge in [0, 0.05) is 24.7 Å². The third-order valence-electron chi connectivity index (χ3n) is 2.56. The Morgan fingerprint density at radius 2 is 2.20 bits per heavy atom. The van der Waals surface area contributed by atoms with E-state index in [-0.39, 0.29) is 27.4 Å². The second-order valence-corrected chi connectivity index (χ2v) is 6.39. The van der Waals surface area contributed by atoms with Gasteiger partial charge in [-0.25, -0.2) is 0 Å². The van der Waals surface area contributed by atoms with E-state index in [4.69, 9.17) is 12.2 Å². The minimum atomic E-state index is -0.577. The van der Waals surface area contributed by atoms with Gasteiger partial charge in [0.05, 0.1) is 14.3 Å². The van der Waals surface area contributed by atoms with Gasteiger partial charge in [0.15, 0.2) is 0 Å². The molecule has 0 aliphatic carbocycles. The molecule has 1 heterocycles. The van der Waals surface area contributed by atoms with E-state index in [1.54, 1.807) is 7.05 Å². The third kappa shape index (κ3) is 2.69. The van der Waals surface area contributed by atoms with Gasteiger partial charge in [-0.2, -0.15) is 0 Å². The van der Waals surface area contributed by atoms with Crippen molar-refractivity contribution in [3.05, 3.63) is 37.2 Å². The number of non-ortho nitro benzene ring substituents is 1. The second-order valence-electron chi connectivity index (χ2n) is 3.86. The number of nitro groups is 1. The highest BCUT2D eigenvalue weighted by molar-refractivity contribution is 9.10. The molecule has 1 N–H and O–H groups in total. The van der Waals surface area contributed by atoms with Gasteiger partial charge >= 0.3 is 0 Å². The molecule has 1 aliphatic heterocycles. The van der Waals surface area contributed by atoms with Crippen molar-refractivity contribution < 1.29 is 14.8 Å². The lowest BCUT2D eigenvalue weighted by Gasteiger charge is -2.04. The first-order valence-electron chi connectivity index (χ1n) is 5.19. The zero-order valence-corrected chi connectivity index (χ0v) is 13.2. The first-order chi connectivity index (χ1) is 9.31. The fourth-order valence-electron chi connectivity index (χ4n) is 1.51. The third-order valence-corrected chi connectivity index (χ3v) is 4.65. The maximum atomic E-state index is 11.9. The molecule has 0 bridgehead atoms. The molecule has 9 heteroatoms. The van der Waals surface area contributed by atoms with Crippen LogP contribution in [0.1, 0.15) is 5.56 Å². The highest BCUT2D eigenvalue weighted by atomic mass is 79.9. The number of hydrogen-bond acceptors (Lipinski definition) is 6. The first kappa shape index (κ1) is 14.9. The van der Waals surface area contributed by atoms with Gasteiger partial charge in [0.2, 0.25) is 0 Å². The van der Waals surface area contributed by atoms with E-state index in [2.05, 4.69) is 15.9 Å². The number of phenols is 1. The largest absolute Gasteiger partial charge is 0.506 e. The van der Waals surface area contributed by atoms with Gasteiger partial charge in [-0.05, 0) is 22.0 Å². The number of phenolic OH excluding ortho intramolecular Hbond substituents is 1. The van der Waals surface area contributed by atoms with Crippen molar-refractivity contribution >= 4 is 61.9 Å². The number of carbonyl (C=O) groups is 1. The van der Waals surface area contributed by atoms with E-state index in [1.165, 1.54) is 23.1 Å². The summed E-state index contributed by atoms with van der Waals surface area (Å²) in [6, 6.07) is 2.39. The van der Waals surface area contributed by atoms with Crippen LogP contribution in [-0.2, 0) is 4.79 Å².